The van der Waals surface area contributed by atoms with Gasteiger partial charge < -0.3 is 26.2 Å². The molecular weight excluding hydrogens is 630 g/mol. The number of aromatic amines is 1. The lowest BCUT2D eigenvalue weighted by atomic mass is 9.82. The molecule has 3 unspecified atom stereocenters. The number of nitrogens with one attached hydrogen (secondary N) is 5. The number of nitrogens with zero attached hydrogens (tertiary/aromatic N) is 4. The number of Topliss-reactive ketones (excluding diaryl/α,β-unsaturated/α-hetero) is 1. The van der Waals surface area contributed by atoms with Crippen molar-refractivity contribution in [2.45, 2.75) is 141 Å². The van der Waals surface area contributed by atoms with Crippen molar-refractivity contribution in [1.29, 1.82) is 0 Å². The van der Waals surface area contributed by atoms with Crippen molar-refractivity contribution < 1.29 is 28.8 Å². The maximum Gasteiger partial charge on any atom is 0.289 e. The molecule has 0 spiro atoms. The van der Waals surface area contributed by atoms with Gasteiger partial charge >= 0.3 is 0 Å². The van der Waals surface area contributed by atoms with E-state index in [1.807, 2.05) is 27.7 Å². The van der Waals surface area contributed by atoms with E-state index in [0.717, 1.165) is 64.2 Å². The van der Waals surface area contributed by atoms with Gasteiger partial charge in [0.05, 0.1) is 12.5 Å². The second-order valence-corrected chi connectivity index (χ2v) is 15.5. The summed E-state index contributed by atoms with van der Waals surface area (Å²) < 4.78 is 0. The molecule has 1 aromatic heterocycles. The SMILES string of the molecule is CCCC(NC(=O)[C@@H]1C2CCCC2CN1C(=O)[C@@H](NC(=O)[C@@H](NC(=O)Cc1nnn[nH]1)C1CCCCC1)C(C)(C)C)C(=O)C(=O)NC1CC1. The Morgan fingerprint density at radius 3 is 2.29 bits per heavy atom. The number of carbonyl (C=O) groups excluding carboxylic acids is 6. The summed E-state index contributed by atoms with van der Waals surface area (Å²) in [5.74, 6) is -2.82. The summed E-state index contributed by atoms with van der Waals surface area (Å²) in [6.45, 7) is 7.84. The third-order valence-corrected chi connectivity index (χ3v) is 10.6. The fourth-order valence-electron chi connectivity index (χ4n) is 7.87. The second kappa shape index (κ2) is 15.8. The number of rotatable bonds is 14. The molecule has 5 rings (SSSR count). The van der Waals surface area contributed by atoms with E-state index in [9.17, 15) is 28.8 Å². The van der Waals surface area contributed by atoms with Crippen LogP contribution in [0.3, 0.4) is 0 Å². The third-order valence-electron chi connectivity index (χ3n) is 10.6. The molecule has 2 heterocycles. The minimum atomic E-state index is -0.993. The molecule has 1 aliphatic heterocycles. The molecule has 0 aromatic carbocycles. The van der Waals surface area contributed by atoms with Crippen LogP contribution in [0.4, 0.5) is 0 Å². The van der Waals surface area contributed by atoms with Crippen molar-refractivity contribution in [2.24, 2.45) is 23.2 Å². The fraction of sp³-hybridized carbons (Fsp3) is 0.794. The first-order valence-corrected chi connectivity index (χ1v) is 18.1. The lowest BCUT2D eigenvalue weighted by Crippen LogP contribution is -2.62. The normalized spacial score (nSPS) is 24.3. The lowest BCUT2D eigenvalue weighted by Gasteiger charge is -2.38. The molecule has 5 amide bonds. The predicted molar refractivity (Wildman–Crippen MR) is 177 cm³/mol. The van der Waals surface area contributed by atoms with Gasteiger partial charge in [-0.3, -0.25) is 28.8 Å². The molecule has 1 saturated heterocycles. The number of aromatic nitrogens is 4. The Balaban J connectivity index is 1.34. The zero-order chi connectivity index (χ0) is 35.3. The van der Waals surface area contributed by atoms with Crippen molar-refractivity contribution >= 4 is 35.3 Å². The highest BCUT2D eigenvalue weighted by Gasteiger charge is 2.52. The van der Waals surface area contributed by atoms with Crippen molar-refractivity contribution in [1.82, 2.24) is 46.8 Å². The van der Waals surface area contributed by atoms with Crippen LogP contribution in [0, 0.1) is 23.2 Å². The molecule has 6 atom stereocenters. The van der Waals surface area contributed by atoms with E-state index < -0.39 is 59.0 Å². The van der Waals surface area contributed by atoms with Crippen molar-refractivity contribution in [3.8, 4) is 0 Å². The van der Waals surface area contributed by atoms with Crippen LogP contribution in [0.25, 0.3) is 0 Å². The van der Waals surface area contributed by atoms with E-state index in [-0.39, 0.29) is 41.9 Å². The topological polar surface area (TPSA) is 208 Å². The molecule has 1 aromatic rings. The summed E-state index contributed by atoms with van der Waals surface area (Å²) in [6, 6.07) is -3.66. The smallest absolute Gasteiger partial charge is 0.289 e. The van der Waals surface area contributed by atoms with Gasteiger partial charge in [0.1, 0.15) is 18.1 Å². The van der Waals surface area contributed by atoms with E-state index >= 15 is 0 Å². The van der Waals surface area contributed by atoms with E-state index in [1.54, 1.807) is 4.90 Å². The Labute approximate surface area is 287 Å². The first-order chi connectivity index (χ1) is 23.4. The minimum absolute atomic E-state index is 0.0119. The van der Waals surface area contributed by atoms with Gasteiger partial charge in [-0.15, -0.1) is 5.10 Å². The summed E-state index contributed by atoms with van der Waals surface area (Å²) in [7, 11) is 0. The van der Waals surface area contributed by atoms with Crippen LogP contribution < -0.4 is 21.3 Å². The van der Waals surface area contributed by atoms with Gasteiger partial charge in [-0.2, -0.15) is 0 Å². The first kappa shape index (κ1) is 36.4. The highest BCUT2D eigenvalue weighted by Crippen LogP contribution is 2.43. The van der Waals surface area contributed by atoms with E-state index in [2.05, 4.69) is 41.9 Å². The number of tetrazole rings is 1. The Morgan fingerprint density at radius 1 is 0.918 bits per heavy atom. The van der Waals surface area contributed by atoms with Crippen LogP contribution in [0.5, 0.6) is 0 Å². The number of hydrogen-bond acceptors (Lipinski definition) is 9. The standard InChI is InChI=1S/C34H53N9O6/c1-5-10-23(28(45)32(48)35-21-15-16-21)36-31(47)27-22-14-9-13-20(22)18-43(27)33(49)29(34(2,3)4)38-30(46)26(19-11-7-6-8-12-19)37-25(44)17-24-39-41-42-40-24/h19-23,26-27,29H,5-18H2,1-4H3,(H,35,48)(H,36,47)(H,37,44)(H,38,46)(H,39,40,41,42)/t20?,22?,23?,26-,27-,29+/m0/s1. The van der Waals surface area contributed by atoms with Gasteiger partial charge in [-0.25, -0.2) is 5.10 Å². The number of hydrogen-bond donors (Lipinski definition) is 5. The van der Waals surface area contributed by atoms with Crippen LogP contribution in [-0.2, 0) is 35.2 Å². The molecule has 0 radical (unpaired) electrons. The molecular formula is C34H53N9O6. The monoisotopic (exact) mass is 683 g/mol. The maximum absolute atomic E-state index is 14.6. The van der Waals surface area contributed by atoms with E-state index in [1.165, 1.54) is 0 Å². The highest BCUT2D eigenvalue weighted by atomic mass is 16.2. The Morgan fingerprint density at radius 2 is 1.65 bits per heavy atom. The third kappa shape index (κ3) is 9.01. The molecule has 15 nitrogen and oxygen atoms in total. The number of amides is 5. The van der Waals surface area contributed by atoms with Crippen LogP contribution >= 0.6 is 0 Å². The largest absolute Gasteiger partial charge is 0.347 e. The average molecular weight is 684 g/mol. The van der Waals surface area contributed by atoms with Crippen LogP contribution in [0.2, 0.25) is 0 Å². The zero-order valence-electron chi connectivity index (χ0n) is 29.3. The van der Waals surface area contributed by atoms with Crippen LogP contribution in [-0.4, -0.2) is 97.6 Å². The van der Waals surface area contributed by atoms with Gasteiger partial charge in [-0.1, -0.05) is 59.8 Å². The lowest BCUT2D eigenvalue weighted by molar-refractivity contribution is -0.146. The molecule has 4 aliphatic rings. The van der Waals surface area contributed by atoms with Gasteiger partial charge in [0, 0.05) is 12.6 Å². The number of carbonyl (C=O) groups is 6. The van der Waals surface area contributed by atoms with Crippen molar-refractivity contribution in [2.75, 3.05) is 6.54 Å². The zero-order valence-corrected chi connectivity index (χ0v) is 29.3. The summed E-state index contributed by atoms with van der Waals surface area (Å²) in [5, 5.41) is 24.8. The summed E-state index contributed by atoms with van der Waals surface area (Å²) in [5.41, 5.74) is -0.736. The average Bonchev–Trinajstić information content (AvgIpc) is 3.38. The van der Waals surface area contributed by atoms with Crippen LogP contribution in [0.1, 0.15) is 111 Å². The van der Waals surface area contributed by atoms with Crippen molar-refractivity contribution in [3.63, 3.8) is 0 Å². The molecule has 5 N–H and O–H groups in total. The van der Waals surface area contributed by atoms with Gasteiger partial charge in [0.15, 0.2) is 5.82 Å². The molecule has 3 aliphatic carbocycles. The number of likely N-dealkylation sites (tertiary alicyclic amines) is 1. The highest BCUT2D eigenvalue weighted by molar-refractivity contribution is 6.38. The second-order valence-electron chi connectivity index (χ2n) is 15.5. The molecule has 49 heavy (non-hydrogen) atoms. The number of fused-ring (bicyclic) bond motifs is 1. The first-order valence-electron chi connectivity index (χ1n) is 18.1. The molecule has 3 saturated carbocycles. The van der Waals surface area contributed by atoms with Crippen molar-refractivity contribution in [3.05, 3.63) is 5.82 Å². The van der Waals surface area contributed by atoms with E-state index in [0.29, 0.717) is 19.4 Å². The van der Waals surface area contributed by atoms with Crippen LogP contribution in [0.15, 0.2) is 0 Å². The van der Waals surface area contributed by atoms with Gasteiger partial charge in [0.2, 0.25) is 29.4 Å². The van der Waals surface area contributed by atoms with E-state index in [4.69, 9.17) is 0 Å². The molecule has 0 bridgehead atoms. The minimum Gasteiger partial charge on any atom is -0.347 e. The summed E-state index contributed by atoms with van der Waals surface area (Å²) >= 11 is 0. The molecule has 15 heteroatoms. The number of ketones is 1. The Bertz CT molecular complexity index is 1370. The Hall–Kier alpha value is -3.91. The van der Waals surface area contributed by atoms with Gasteiger partial charge in [-0.05, 0) is 78.5 Å². The Kier molecular flexibility index (Phi) is 11.7. The fourth-order valence-corrected chi connectivity index (χ4v) is 7.87. The predicted octanol–water partition coefficient (Wildman–Crippen LogP) is 1.10. The van der Waals surface area contributed by atoms with Gasteiger partial charge in [0.25, 0.3) is 5.91 Å². The maximum atomic E-state index is 14.6. The number of H-pyrrole nitrogens is 1. The molecule has 270 valence electrons. The molecule has 4 fully saturated rings. The quantitative estimate of drug-likeness (QED) is 0.178. The summed E-state index contributed by atoms with van der Waals surface area (Å²) in [4.78, 5) is 83.1. The summed E-state index contributed by atoms with van der Waals surface area (Å²) in [6.07, 6.45) is 9.50.